The average molecular weight is 534 g/mol. The summed E-state index contributed by atoms with van der Waals surface area (Å²) in [6, 6.07) is 13.8. The van der Waals surface area contributed by atoms with E-state index in [4.69, 9.17) is 4.74 Å². The van der Waals surface area contributed by atoms with Gasteiger partial charge in [-0.1, -0.05) is 24.3 Å². The number of carbonyl (C=O) groups is 1. The number of aromatic nitrogens is 2. The van der Waals surface area contributed by atoms with Gasteiger partial charge < -0.3 is 9.64 Å². The Kier molecular flexibility index (Phi) is 6.31. The zero-order valence-corrected chi connectivity index (χ0v) is 22.4. The van der Waals surface area contributed by atoms with Crippen LogP contribution in [0.15, 0.2) is 53.4 Å². The van der Waals surface area contributed by atoms with Crippen molar-refractivity contribution in [1.82, 2.24) is 19.8 Å². The number of fused-ring (bicyclic) bond motifs is 6. The maximum Gasteiger partial charge on any atom is 0.264 e. The summed E-state index contributed by atoms with van der Waals surface area (Å²) >= 11 is 0. The molecule has 6 rings (SSSR count). The van der Waals surface area contributed by atoms with Gasteiger partial charge in [0, 0.05) is 43.4 Å². The predicted octanol–water partition coefficient (Wildman–Crippen LogP) is 3.49. The second kappa shape index (κ2) is 9.67. The highest BCUT2D eigenvalue weighted by Crippen LogP contribution is 2.32. The van der Waals surface area contributed by atoms with Gasteiger partial charge in [-0.15, -0.1) is 0 Å². The number of anilines is 1. The number of nitrogens with zero attached hydrogens (tertiary/aromatic N) is 4. The van der Waals surface area contributed by atoms with Crippen LogP contribution in [0.1, 0.15) is 34.3 Å². The Morgan fingerprint density at radius 2 is 1.76 bits per heavy atom. The first-order chi connectivity index (χ1) is 18.2. The second-order valence-electron chi connectivity index (χ2n) is 10.5. The number of benzene rings is 2. The van der Waals surface area contributed by atoms with Crippen LogP contribution in [-0.4, -0.2) is 72.9 Å². The van der Waals surface area contributed by atoms with Crippen molar-refractivity contribution >= 4 is 21.9 Å². The van der Waals surface area contributed by atoms with Crippen LogP contribution in [0.3, 0.4) is 0 Å². The van der Waals surface area contributed by atoms with Crippen LogP contribution in [-0.2, 0) is 10.0 Å². The van der Waals surface area contributed by atoms with Crippen molar-refractivity contribution in [3.63, 3.8) is 0 Å². The van der Waals surface area contributed by atoms with E-state index in [1.54, 1.807) is 23.1 Å². The fourth-order valence-electron chi connectivity index (χ4n) is 5.33. The molecule has 6 bridgehead atoms. The first-order valence-electron chi connectivity index (χ1n) is 13.0. The lowest BCUT2D eigenvalue weighted by atomic mass is 10.00. The van der Waals surface area contributed by atoms with E-state index in [1.165, 1.54) is 25.0 Å². The molecule has 1 aliphatic carbocycles. The standard InChI is InChI=1S/C28H31N5O4S/c1-18-5-3-6-19(2)26(18)24-14-25-30-28(29-24)31-38(35,36)23-8-4-7-21(13-23)27(34)33-12-11-32(15-20-9-10-20)16-22(17-33)37-25/h3-8,13-14,20,22H,9-12,15-17H2,1-2H3,(H,29,30,31)/t22-/m1/s1. The van der Waals surface area contributed by atoms with Gasteiger partial charge in [0.1, 0.15) is 6.10 Å². The molecule has 38 heavy (non-hydrogen) atoms. The van der Waals surface area contributed by atoms with E-state index >= 15 is 0 Å². The summed E-state index contributed by atoms with van der Waals surface area (Å²) in [7, 11) is -4.06. The predicted molar refractivity (Wildman–Crippen MR) is 144 cm³/mol. The van der Waals surface area contributed by atoms with E-state index in [0.29, 0.717) is 36.8 Å². The van der Waals surface area contributed by atoms with Gasteiger partial charge in [-0.2, -0.15) is 4.98 Å². The van der Waals surface area contributed by atoms with Crippen molar-refractivity contribution < 1.29 is 17.9 Å². The summed E-state index contributed by atoms with van der Waals surface area (Å²) in [6.07, 6.45) is 2.15. The molecule has 2 fully saturated rings. The summed E-state index contributed by atoms with van der Waals surface area (Å²) in [6.45, 7) is 7.29. The first-order valence-corrected chi connectivity index (χ1v) is 14.5. The molecule has 0 unspecified atom stereocenters. The van der Waals surface area contributed by atoms with E-state index in [0.717, 1.165) is 29.8 Å². The van der Waals surface area contributed by atoms with E-state index in [9.17, 15) is 13.2 Å². The van der Waals surface area contributed by atoms with Crippen molar-refractivity contribution in [2.45, 2.75) is 37.7 Å². The summed E-state index contributed by atoms with van der Waals surface area (Å²) < 4.78 is 35.6. The van der Waals surface area contributed by atoms with Crippen molar-refractivity contribution in [3.05, 3.63) is 65.2 Å². The maximum absolute atomic E-state index is 13.5. The van der Waals surface area contributed by atoms with Gasteiger partial charge in [0.05, 0.1) is 17.1 Å². The maximum atomic E-state index is 13.5. The van der Waals surface area contributed by atoms with Crippen molar-refractivity contribution in [1.29, 1.82) is 0 Å². The number of sulfonamides is 1. The van der Waals surface area contributed by atoms with Gasteiger partial charge in [-0.3, -0.25) is 9.69 Å². The third-order valence-electron chi connectivity index (χ3n) is 7.42. The van der Waals surface area contributed by atoms with Crippen LogP contribution >= 0.6 is 0 Å². The number of hydrogen-bond acceptors (Lipinski definition) is 7. The minimum atomic E-state index is -4.06. The van der Waals surface area contributed by atoms with Gasteiger partial charge in [0.2, 0.25) is 11.8 Å². The molecule has 9 nitrogen and oxygen atoms in total. The highest BCUT2D eigenvalue weighted by molar-refractivity contribution is 7.92. The van der Waals surface area contributed by atoms with Crippen molar-refractivity contribution in [3.8, 4) is 17.1 Å². The Morgan fingerprint density at radius 1 is 1.00 bits per heavy atom. The molecule has 1 N–H and O–H groups in total. The van der Waals surface area contributed by atoms with Crippen molar-refractivity contribution in [2.24, 2.45) is 5.92 Å². The molecule has 1 amide bonds. The number of rotatable bonds is 3. The average Bonchev–Trinajstić information content (AvgIpc) is 3.71. The minimum Gasteiger partial charge on any atom is -0.471 e. The van der Waals surface area contributed by atoms with Gasteiger partial charge in [0.25, 0.3) is 15.9 Å². The van der Waals surface area contributed by atoms with Gasteiger partial charge in [-0.05, 0) is 61.9 Å². The number of aryl methyl sites for hydroxylation is 2. The third kappa shape index (κ3) is 5.10. The minimum absolute atomic E-state index is 0.0205. The van der Waals surface area contributed by atoms with Gasteiger partial charge in [0.15, 0.2) is 0 Å². The Morgan fingerprint density at radius 3 is 2.53 bits per heavy atom. The molecule has 1 saturated heterocycles. The van der Waals surface area contributed by atoms with E-state index < -0.39 is 10.0 Å². The molecule has 0 radical (unpaired) electrons. The topological polar surface area (TPSA) is 105 Å². The van der Waals surface area contributed by atoms with Crippen LogP contribution in [0.25, 0.3) is 11.3 Å². The highest BCUT2D eigenvalue weighted by Gasteiger charge is 2.32. The zero-order valence-electron chi connectivity index (χ0n) is 21.6. The van der Waals surface area contributed by atoms with E-state index in [2.05, 4.69) is 19.6 Å². The van der Waals surface area contributed by atoms with Crippen LogP contribution < -0.4 is 9.46 Å². The molecule has 3 aromatic rings. The van der Waals surface area contributed by atoms with Crippen LogP contribution in [0, 0.1) is 19.8 Å². The molecule has 2 aliphatic heterocycles. The Labute approximate surface area is 222 Å². The quantitative estimate of drug-likeness (QED) is 0.550. The molecule has 198 valence electrons. The lowest BCUT2D eigenvalue weighted by Crippen LogP contribution is -2.40. The summed E-state index contributed by atoms with van der Waals surface area (Å²) in [5, 5.41) is 0. The first kappa shape index (κ1) is 24.8. The van der Waals surface area contributed by atoms with Crippen molar-refractivity contribution in [2.75, 3.05) is 37.4 Å². The number of ether oxygens (including phenoxy) is 1. The lowest BCUT2D eigenvalue weighted by Gasteiger charge is -2.25. The normalized spacial score (nSPS) is 21.3. The largest absolute Gasteiger partial charge is 0.471 e. The summed E-state index contributed by atoms with van der Waals surface area (Å²) in [4.78, 5) is 26.7. The number of hydrogen-bond donors (Lipinski definition) is 1. The molecule has 1 saturated carbocycles. The monoisotopic (exact) mass is 533 g/mol. The molecule has 0 spiro atoms. The lowest BCUT2D eigenvalue weighted by molar-refractivity contribution is 0.0690. The Balaban J connectivity index is 1.48. The van der Waals surface area contributed by atoms with E-state index in [-0.39, 0.29) is 28.7 Å². The fourth-order valence-corrected chi connectivity index (χ4v) is 6.32. The third-order valence-corrected chi connectivity index (χ3v) is 8.74. The zero-order chi connectivity index (χ0) is 26.4. The second-order valence-corrected chi connectivity index (χ2v) is 12.2. The Hall–Kier alpha value is -3.50. The number of nitrogens with one attached hydrogen (secondary N) is 1. The number of amides is 1. The molecule has 1 aromatic heterocycles. The molecular weight excluding hydrogens is 502 g/mol. The molecule has 3 heterocycles. The molecule has 10 heteroatoms. The van der Waals surface area contributed by atoms with Gasteiger partial charge >= 0.3 is 0 Å². The SMILES string of the molecule is Cc1cccc(C)c1-c1cc2nc(n1)NS(=O)(=O)c1cccc(c1)C(=O)N1CCN(CC3CC3)C[C@H](C1)O2. The van der Waals surface area contributed by atoms with E-state index in [1.807, 2.05) is 32.0 Å². The molecular formula is C28H31N5O4S. The van der Waals surface area contributed by atoms with Crippen LogP contribution in [0.4, 0.5) is 5.95 Å². The summed E-state index contributed by atoms with van der Waals surface area (Å²) in [5.41, 5.74) is 3.82. The summed E-state index contributed by atoms with van der Waals surface area (Å²) in [5.74, 6) is 0.691. The van der Waals surface area contributed by atoms with Crippen LogP contribution in [0.5, 0.6) is 5.88 Å². The molecule has 3 aliphatic rings. The number of carbonyl (C=O) groups excluding carboxylic acids is 1. The smallest absolute Gasteiger partial charge is 0.264 e. The Bertz CT molecular complexity index is 1480. The fraction of sp³-hybridized carbons (Fsp3) is 0.393. The molecule has 2 aromatic carbocycles. The van der Waals surface area contributed by atoms with Crippen LogP contribution in [0.2, 0.25) is 0 Å². The van der Waals surface area contributed by atoms with Gasteiger partial charge in [-0.25, -0.2) is 18.1 Å². The highest BCUT2D eigenvalue weighted by atomic mass is 32.2. The molecule has 1 atom stereocenters.